The molecule has 0 bridgehead atoms. The Labute approximate surface area is 125 Å². The van der Waals surface area contributed by atoms with Crippen LogP contribution in [0.4, 0.5) is 5.69 Å². The van der Waals surface area contributed by atoms with Gasteiger partial charge in [-0.15, -0.1) is 0 Å². The van der Waals surface area contributed by atoms with Crippen LogP contribution in [0.15, 0.2) is 24.3 Å². The van der Waals surface area contributed by atoms with E-state index in [4.69, 9.17) is 5.73 Å². The number of nitrogens with two attached hydrogens (primary N) is 1. The lowest BCUT2D eigenvalue weighted by atomic mass is 9.85. The van der Waals surface area contributed by atoms with Gasteiger partial charge in [-0.05, 0) is 25.0 Å². The van der Waals surface area contributed by atoms with Gasteiger partial charge in [0.2, 0.25) is 5.91 Å². The van der Waals surface area contributed by atoms with Gasteiger partial charge in [-0.25, -0.2) is 0 Å². The maximum absolute atomic E-state index is 12.6. The molecule has 2 amide bonds. The fourth-order valence-electron chi connectivity index (χ4n) is 2.85. The van der Waals surface area contributed by atoms with Crippen LogP contribution in [0.25, 0.3) is 0 Å². The van der Waals surface area contributed by atoms with Gasteiger partial charge < -0.3 is 16.0 Å². The molecule has 5 heteroatoms. The summed E-state index contributed by atoms with van der Waals surface area (Å²) in [6.45, 7) is 0.350. The molecule has 0 radical (unpaired) electrons. The SMILES string of the molecule is CN(C)C(=O)c1ccccc1NC(=O)C1(CN)CCCC1. The van der Waals surface area contributed by atoms with Crippen LogP contribution in [-0.2, 0) is 4.79 Å². The number of para-hydroxylation sites is 1. The number of rotatable bonds is 4. The first-order valence-corrected chi connectivity index (χ1v) is 7.32. The summed E-state index contributed by atoms with van der Waals surface area (Å²) in [5.41, 5.74) is 6.41. The highest BCUT2D eigenvalue weighted by Gasteiger charge is 2.40. The first-order valence-electron chi connectivity index (χ1n) is 7.32. The highest BCUT2D eigenvalue weighted by molar-refractivity contribution is 6.04. The van der Waals surface area contributed by atoms with Crippen LogP contribution in [-0.4, -0.2) is 37.4 Å². The maximum Gasteiger partial charge on any atom is 0.255 e. The second kappa shape index (κ2) is 6.26. The number of nitrogens with one attached hydrogen (secondary N) is 1. The van der Waals surface area contributed by atoms with Crippen molar-refractivity contribution < 1.29 is 9.59 Å². The molecule has 1 aliphatic rings. The molecule has 21 heavy (non-hydrogen) atoms. The second-order valence-corrected chi connectivity index (χ2v) is 5.89. The molecule has 0 aromatic heterocycles. The Hall–Kier alpha value is -1.88. The summed E-state index contributed by atoms with van der Waals surface area (Å²) in [4.78, 5) is 26.3. The highest BCUT2D eigenvalue weighted by Crippen LogP contribution is 2.38. The molecular formula is C16H23N3O2. The van der Waals surface area contributed by atoms with Crippen LogP contribution in [0, 0.1) is 5.41 Å². The Kier molecular flexibility index (Phi) is 4.63. The first-order chi connectivity index (χ1) is 10.00. The summed E-state index contributed by atoms with van der Waals surface area (Å²) in [6, 6.07) is 7.09. The molecule has 114 valence electrons. The molecule has 0 saturated heterocycles. The van der Waals surface area contributed by atoms with Crippen molar-refractivity contribution in [1.29, 1.82) is 0 Å². The largest absolute Gasteiger partial charge is 0.345 e. The summed E-state index contributed by atoms with van der Waals surface area (Å²) < 4.78 is 0. The minimum absolute atomic E-state index is 0.0680. The van der Waals surface area contributed by atoms with Gasteiger partial charge in [0.1, 0.15) is 0 Å². The molecule has 0 unspecified atom stereocenters. The topological polar surface area (TPSA) is 75.4 Å². The van der Waals surface area contributed by atoms with Crippen LogP contribution in [0.5, 0.6) is 0 Å². The Morgan fingerprint density at radius 2 is 1.86 bits per heavy atom. The Morgan fingerprint density at radius 1 is 1.24 bits per heavy atom. The van der Waals surface area contributed by atoms with Crippen LogP contribution in [0.2, 0.25) is 0 Å². The van der Waals surface area contributed by atoms with Crippen molar-refractivity contribution in [3.8, 4) is 0 Å². The highest BCUT2D eigenvalue weighted by atomic mass is 16.2. The average Bonchev–Trinajstić information content (AvgIpc) is 2.97. The summed E-state index contributed by atoms with van der Waals surface area (Å²) in [7, 11) is 3.39. The second-order valence-electron chi connectivity index (χ2n) is 5.89. The normalized spacial score (nSPS) is 16.5. The van der Waals surface area contributed by atoms with Crippen molar-refractivity contribution >= 4 is 17.5 Å². The van der Waals surface area contributed by atoms with Crippen LogP contribution in [0.3, 0.4) is 0 Å². The quantitative estimate of drug-likeness (QED) is 0.888. The summed E-state index contributed by atoms with van der Waals surface area (Å²) >= 11 is 0. The third kappa shape index (κ3) is 3.08. The molecule has 1 fully saturated rings. The van der Waals surface area contributed by atoms with Crippen LogP contribution in [0.1, 0.15) is 36.0 Å². The lowest BCUT2D eigenvalue weighted by molar-refractivity contribution is -0.124. The molecule has 1 aromatic rings. The maximum atomic E-state index is 12.6. The van der Waals surface area contributed by atoms with Gasteiger partial charge in [0.05, 0.1) is 16.7 Å². The molecule has 0 heterocycles. The molecule has 5 nitrogen and oxygen atoms in total. The van der Waals surface area contributed by atoms with Crippen molar-refractivity contribution in [2.45, 2.75) is 25.7 Å². The van der Waals surface area contributed by atoms with Gasteiger partial charge in [-0.3, -0.25) is 9.59 Å². The van der Waals surface area contributed by atoms with Crippen LogP contribution < -0.4 is 11.1 Å². The Morgan fingerprint density at radius 3 is 2.43 bits per heavy atom. The predicted molar refractivity (Wildman–Crippen MR) is 83.0 cm³/mol. The lowest BCUT2D eigenvalue weighted by Crippen LogP contribution is -2.40. The molecule has 1 saturated carbocycles. The van der Waals surface area contributed by atoms with E-state index in [1.807, 2.05) is 6.07 Å². The fraction of sp³-hybridized carbons (Fsp3) is 0.500. The lowest BCUT2D eigenvalue weighted by Gasteiger charge is -2.26. The van der Waals surface area contributed by atoms with E-state index in [-0.39, 0.29) is 11.8 Å². The van der Waals surface area contributed by atoms with Crippen molar-refractivity contribution in [3.05, 3.63) is 29.8 Å². The number of hydrogen-bond donors (Lipinski definition) is 2. The van der Waals surface area contributed by atoms with Gasteiger partial charge >= 0.3 is 0 Å². The number of nitrogens with zero attached hydrogens (tertiary/aromatic N) is 1. The van der Waals surface area contributed by atoms with E-state index in [2.05, 4.69) is 5.32 Å². The molecule has 2 rings (SSSR count). The van der Waals surface area contributed by atoms with E-state index in [0.29, 0.717) is 17.8 Å². The Bertz CT molecular complexity index is 534. The van der Waals surface area contributed by atoms with E-state index in [9.17, 15) is 9.59 Å². The minimum atomic E-state index is -0.478. The number of benzene rings is 1. The zero-order chi connectivity index (χ0) is 15.5. The molecule has 3 N–H and O–H groups in total. The number of anilines is 1. The van der Waals surface area contributed by atoms with E-state index in [1.54, 1.807) is 32.3 Å². The monoisotopic (exact) mass is 289 g/mol. The molecular weight excluding hydrogens is 266 g/mol. The van der Waals surface area contributed by atoms with Crippen LogP contribution >= 0.6 is 0 Å². The van der Waals surface area contributed by atoms with Gasteiger partial charge in [0.15, 0.2) is 0 Å². The van der Waals surface area contributed by atoms with Crippen molar-refractivity contribution in [3.63, 3.8) is 0 Å². The summed E-state index contributed by atoms with van der Waals surface area (Å²) in [5, 5.41) is 2.91. The molecule has 0 atom stereocenters. The first kappa shape index (κ1) is 15.5. The number of amides is 2. The average molecular weight is 289 g/mol. The van der Waals surface area contributed by atoms with Gasteiger partial charge in [0.25, 0.3) is 5.91 Å². The zero-order valence-corrected chi connectivity index (χ0v) is 12.7. The molecule has 1 aliphatic carbocycles. The zero-order valence-electron chi connectivity index (χ0n) is 12.7. The molecule has 0 spiro atoms. The molecule has 0 aliphatic heterocycles. The summed E-state index contributed by atoms with van der Waals surface area (Å²) in [6.07, 6.45) is 3.70. The smallest absolute Gasteiger partial charge is 0.255 e. The standard InChI is InChI=1S/C16H23N3O2/c1-19(2)14(20)12-7-3-4-8-13(12)18-15(21)16(11-17)9-5-6-10-16/h3-4,7-8H,5-6,9-11,17H2,1-2H3,(H,18,21). The van der Waals surface area contributed by atoms with Crippen molar-refractivity contribution in [1.82, 2.24) is 4.90 Å². The predicted octanol–water partition coefficient (Wildman–Crippen LogP) is 1.85. The number of hydrogen-bond acceptors (Lipinski definition) is 3. The number of carbonyl (C=O) groups is 2. The third-order valence-electron chi connectivity index (χ3n) is 4.24. The number of carbonyl (C=O) groups excluding carboxylic acids is 2. The van der Waals surface area contributed by atoms with Crippen molar-refractivity contribution in [2.24, 2.45) is 11.1 Å². The van der Waals surface area contributed by atoms with E-state index < -0.39 is 5.41 Å². The van der Waals surface area contributed by atoms with Crippen molar-refractivity contribution in [2.75, 3.05) is 26.0 Å². The van der Waals surface area contributed by atoms with Gasteiger partial charge in [-0.1, -0.05) is 25.0 Å². The van der Waals surface area contributed by atoms with Gasteiger partial charge in [-0.2, -0.15) is 0 Å². The van der Waals surface area contributed by atoms with Gasteiger partial charge in [0, 0.05) is 20.6 Å². The molecule has 1 aromatic carbocycles. The fourth-order valence-corrected chi connectivity index (χ4v) is 2.85. The third-order valence-corrected chi connectivity index (χ3v) is 4.24. The van der Waals surface area contributed by atoms with E-state index in [0.717, 1.165) is 25.7 Å². The summed E-state index contributed by atoms with van der Waals surface area (Å²) in [5.74, 6) is -0.194. The minimum Gasteiger partial charge on any atom is -0.345 e. The van der Waals surface area contributed by atoms with E-state index in [1.165, 1.54) is 4.90 Å². The Balaban J connectivity index is 2.24. The van der Waals surface area contributed by atoms with E-state index >= 15 is 0 Å².